The van der Waals surface area contributed by atoms with Crippen LogP contribution in [0.25, 0.3) is 0 Å². The van der Waals surface area contributed by atoms with E-state index in [4.69, 9.17) is 0 Å². The van der Waals surface area contributed by atoms with Crippen LogP contribution in [0.5, 0.6) is 0 Å². The zero-order chi connectivity index (χ0) is 19.2. The van der Waals surface area contributed by atoms with E-state index in [2.05, 4.69) is 66.4 Å². The Labute approximate surface area is 166 Å². The molecule has 6 heteroatoms. The summed E-state index contributed by atoms with van der Waals surface area (Å²) in [5, 5.41) is 7.51. The van der Waals surface area contributed by atoms with Gasteiger partial charge in [-0.15, -0.1) is 0 Å². The van der Waals surface area contributed by atoms with Crippen LogP contribution in [-0.4, -0.2) is 56.1 Å². The van der Waals surface area contributed by atoms with Gasteiger partial charge in [-0.05, 0) is 37.0 Å². The second-order valence-electron chi connectivity index (χ2n) is 7.49. The van der Waals surface area contributed by atoms with Gasteiger partial charge in [0.2, 0.25) is 0 Å². The highest BCUT2D eigenvalue weighted by molar-refractivity contribution is 5.15. The van der Waals surface area contributed by atoms with E-state index in [1.165, 1.54) is 11.1 Å². The number of H-pyrrole nitrogens is 1. The van der Waals surface area contributed by atoms with Crippen LogP contribution in [0.15, 0.2) is 54.9 Å². The molecule has 6 nitrogen and oxygen atoms in total. The first-order valence-electron chi connectivity index (χ1n) is 10.1. The largest absolute Gasteiger partial charge is 0.302 e. The van der Waals surface area contributed by atoms with Gasteiger partial charge in [-0.25, -0.2) is 4.98 Å². The van der Waals surface area contributed by atoms with Crippen molar-refractivity contribution in [2.24, 2.45) is 0 Å². The minimum absolute atomic E-state index is 0.244. The molecule has 0 spiro atoms. The Morgan fingerprint density at radius 2 is 1.89 bits per heavy atom. The highest BCUT2D eigenvalue weighted by Crippen LogP contribution is 2.26. The van der Waals surface area contributed by atoms with Gasteiger partial charge in [0.1, 0.15) is 5.82 Å². The smallest absolute Gasteiger partial charge is 0.167 e. The minimum Gasteiger partial charge on any atom is -0.302 e. The molecule has 0 amide bonds. The molecule has 146 valence electrons. The van der Waals surface area contributed by atoms with Crippen molar-refractivity contribution >= 4 is 0 Å². The SMILES string of the molecule is Cc1nc(C2CCN(CCc3cccnc3)CCN2Cc2ccccc2)n[nH]1. The maximum atomic E-state index is 4.65. The Balaban J connectivity index is 1.45. The van der Waals surface area contributed by atoms with Gasteiger partial charge in [0, 0.05) is 45.1 Å². The number of nitrogens with zero attached hydrogens (tertiary/aromatic N) is 5. The van der Waals surface area contributed by atoms with E-state index in [1.54, 1.807) is 0 Å². The monoisotopic (exact) mass is 376 g/mol. The Hall–Kier alpha value is -2.57. The normalized spacial score (nSPS) is 18.8. The average molecular weight is 377 g/mol. The van der Waals surface area contributed by atoms with E-state index in [-0.39, 0.29) is 6.04 Å². The molecule has 0 bridgehead atoms. The van der Waals surface area contributed by atoms with Crippen molar-refractivity contribution in [1.82, 2.24) is 30.0 Å². The second kappa shape index (κ2) is 9.08. The number of hydrogen-bond donors (Lipinski definition) is 1. The summed E-state index contributed by atoms with van der Waals surface area (Å²) in [6, 6.07) is 15.1. The summed E-state index contributed by atoms with van der Waals surface area (Å²) in [5.74, 6) is 1.80. The standard InChI is InChI=1S/C22H28N6/c1-18-24-22(26-25-18)21-10-13-27(12-9-19-8-5-11-23-16-19)14-15-28(21)17-20-6-3-2-4-7-20/h2-8,11,16,21H,9-10,12-15,17H2,1H3,(H,24,25,26). The predicted molar refractivity (Wildman–Crippen MR) is 110 cm³/mol. The van der Waals surface area contributed by atoms with Crippen LogP contribution < -0.4 is 0 Å². The molecule has 4 rings (SSSR count). The number of benzene rings is 1. The molecule has 28 heavy (non-hydrogen) atoms. The van der Waals surface area contributed by atoms with E-state index < -0.39 is 0 Å². The number of aromatic nitrogens is 4. The Bertz CT molecular complexity index is 848. The minimum atomic E-state index is 0.244. The summed E-state index contributed by atoms with van der Waals surface area (Å²) >= 11 is 0. The van der Waals surface area contributed by atoms with Crippen LogP contribution in [0.3, 0.4) is 0 Å². The van der Waals surface area contributed by atoms with Crippen molar-refractivity contribution in [1.29, 1.82) is 0 Å². The second-order valence-corrected chi connectivity index (χ2v) is 7.49. The summed E-state index contributed by atoms with van der Waals surface area (Å²) in [7, 11) is 0. The Kier molecular flexibility index (Phi) is 6.09. The molecule has 2 aromatic heterocycles. The molecule has 3 heterocycles. The molecule has 0 radical (unpaired) electrons. The van der Waals surface area contributed by atoms with Crippen molar-refractivity contribution in [2.45, 2.75) is 32.4 Å². The fourth-order valence-electron chi connectivity index (χ4n) is 3.89. The molecule has 1 fully saturated rings. The molecule has 1 aliphatic rings. The highest BCUT2D eigenvalue weighted by atomic mass is 15.3. The molecule has 1 aromatic carbocycles. The van der Waals surface area contributed by atoms with E-state index >= 15 is 0 Å². The number of aryl methyl sites for hydroxylation is 1. The van der Waals surface area contributed by atoms with Crippen LogP contribution in [0, 0.1) is 6.92 Å². The van der Waals surface area contributed by atoms with Gasteiger partial charge < -0.3 is 4.90 Å². The van der Waals surface area contributed by atoms with E-state index in [0.717, 1.165) is 57.2 Å². The van der Waals surface area contributed by atoms with Gasteiger partial charge in [0.15, 0.2) is 5.82 Å². The summed E-state index contributed by atoms with van der Waals surface area (Å²) in [4.78, 5) is 14.0. The first-order chi connectivity index (χ1) is 13.8. The van der Waals surface area contributed by atoms with Gasteiger partial charge in [-0.1, -0.05) is 36.4 Å². The molecule has 1 aliphatic heterocycles. The highest BCUT2D eigenvalue weighted by Gasteiger charge is 2.28. The molecule has 1 N–H and O–H groups in total. The summed E-state index contributed by atoms with van der Waals surface area (Å²) in [6.45, 7) is 7.09. The molecule has 3 aromatic rings. The molecule has 1 atom stereocenters. The molecule has 1 saturated heterocycles. The van der Waals surface area contributed by atoms with Gasteiger partial charge in [0.25, 0.3) is 0 Å². The molecule has 0 saturated carbocycles. The zero-order valence-corrected chi connectivity index (χ0v) is 16.5. The van der Waals surface area contributed by atoms with E-state index in [9.17, 15) is 0 Å². The third-order valence-corrected chi connectivity index (χ3v) is 5.44. The van der Waals surface area contributed by atoms with Crippen molar-refractivity contribution < 1.29 is 0 Å². The lowest BCUT2D eigenvalue weighted by atomic mass is 10.1. The third-order valence-electron chi connectivity index (χ3n) is 5.44. The van der Waals surface area contributed by atoms with Crippen LogP contribution in [0.4, 0.5) is 0 Å². The summed E-state index contributed by atoms with van der Waals surface area (Å²) < 4.78 is 0. The molecular weight excluding hydrogens is 348 g/mol. The average Bonchev–Trinajstić information content (AvgIpc) is 3.06. The lowest BCUT2D eigenvalue weighted by Gasteiger charge is -2.27. The molecular formula is C22H28N6. The van der Waals surface area contributed by atoms with Gasteiger partial charge in [-0.2, -0.15) is 5.10 Å². The lowest BCUT2D eigenvalue weighted by molar-refractivity contribution is 0.188. The van der Waals surface area contributed by atoms with Crippen molar-refractivity contribution in [3.63, 3.8) is 0 Å². The number of aromatic amines is 1. The Morgan fingerprint density at radius 3 is 2.64 bits per heavy atom. The number of hydrogen-bond acceptors (Lipinski definition) is 5. The number of pyridine rings is 1. The van der Waals surface area contributed by atoms with Crippen molar-refractivity contribution in [3.8, 4) is 0 Å². The fourth-order valence-corrected chi connectivity index (χ4v) is 3.89. The number of nitrogens with one attached hydrogen (secondary N) is 1. The lowest BCUT2D eigenvalue weighted by Crippen LogP contribution is -2.33. The maximum absolute atomic E-state index is 4.65. The fraction of sp³-hybridized carbons (Fsp3) is 0.409. The topological polar surface area (TPSA) is 60.9 Å². The van der Waals surface area contributed by atoms with Crippen LogP contribution in [0.1, 0.15) is 35.2 Å². The van der Waals surface area contributed by atoms with Gasteiger partial charge in [-0.3, -0.25) is 15.0 Å². The molecule has 1 unspecified atom stereocenters. The Morgan fingerprint density at radius 1 is 1.04 bits per heavy atom. The first-order valence-corrected chi connectivity index (χ1v) is 10.1. The van der Waals surface area contributed by atoms with E-state index in [1.807, 2.05) is 25.4 Å². The summed E-state index contributed by atoms with van der Waals surface area (Å²) in [5.41, 5.74) is 2.64. The van der Waals surface area contributed by atoms with E-state index in [0.29, 0.717) is 0 Å². The van der Waals surface area contributed by atoms with Crippen LogP contribution >= 0.6 is 0 Å². The first kappa shape index (κ1) is 18.8. The maximum Gasteiger partial charge on any atom is 0.167 e. The van der Waals surface area contributed by atoms with Gasteiger partial charge in [0.05, 0.1) is 6.04 Å². The molecule has 0 aliphatic carbocycles. The van der Waals surface area contributed by atoms with Crippen molar-refractivity contribution in [2.75, 3.05) is 26.2 Å². The van der Waals surface area contributed by atoms with Gasteiger partial charge >= 0.3 is 0 Å². The third kappa shape index (κ3) is 4.82. The quantitative estimate of drug-likeness (QED) is 0.717. The predicted octanol–water partition coefficient (Wildman–Crippen LogP) is 3.00. The summed E-state index contributed by atoms with van der Waals surface area (Å²) in [6.07, 6.45) is 5.88. The van der Waals surface area contributed by atoms with Crippen LogP contribution in [-0.2, 0) is 13.0 Å². The van der Waals surface area contributed by atoms with Crippen molar-refractivity contribution in [3.05, 3.63) is 77.6 Å². The zero-order valence-electron chi connectivity index (χ0n) is 16.5. The number of rotatable bonds is 6. The van der Waals surface area contributed by atoms with Crippen LogP contribution in [0.2, 0.25) is 0 Å².